The number of fused-ring (bicyclic) bond motifs is 1. The molecule has 2 fully saturated rings. The zero-order chi connectivity index (χ0) is 27.1. The van der Waals surface area contributed by atoms with Gasteiger partial charge in [-0.15, -0.1) is 0 Å². The lowest BCUT2D eigenvalue weighted by atomic mass is 10.0. The molecule has 0 saturated carbocycles. The van der Waals surface area contributed by atoms with Crippen molar-refractivity contribution in [3.63, 3.8) is 0 Å². The molecule has 0 bridgehead atoms. The van der Waals surface area contributed by atoms with Crippen LogP contribution in [0.1, 0.15) is 17.7 Å². The van der Waals surface area contributed by atoms with Crippen LogP contribution in [0.5, 0.6) is 0 Å². The Morgan fingerprint density at radius 2 is 1.76 bits per heavy atom. The van der Waals surface area contributed by atoms with Crippen LogP contribution in [0.25, 0.3) is 11.3 Å². The van der Waals surface area contributed by atoms with E-state index in [0.717, 1.165) is 40.7 Å². The van der Waals surface area contributed by atoms with Crippen molar-refractivity contribution >= 4 is 15.9 Å². The fraction of sp³-hybridized carbons (Fsp3) is 0.320. The van der Waals surface area contributed by atoms with Crippen LogP contribution in [0.2, 0.25) is 0 Å². The summed E-state index contributed by atoms with van der Waals surface area (Å²) >= 11 is 0. The van der Waals surface area contributed by atoms with Crippen molar-refractivity contribution in [1.82, 2.24) is 19.6 Å². The largest absolute Gasteiger partial charge is 0.416 e. The van der Waals surface area contributed by atoms with Crippen LogP contribution >= 0.6 is 0 Å². The van der Waals surface area contributed by atoms with Gasteiger partial charge in [-0.3, -0.25) is 4.79 Å². The number of ether oxygens (including phenoxy) is 1. The van der Waals surface area contributed by atoms with Crippen LogP contribution < -0.4 is 5.32 Å². The highest BCUT2D eigenvalue weighted by Gasteiger charge is 2.52. The van der Waals surface area contributed by atoms with E-state index >= 15 is 0 Å². The van der Waals surface area contributed by atoms with Gasteiger partial charge in [0.05, 0.1) is 47.6 Å². The highest BCUT2D eigenvalue weighted by atomic mass is 32.2. The lowest BCUT2D eigenvalue weighted by molar-refractivity contribution is -0.137. The summed E-state index contributed by atoms with van der Waals surface area (Å²) in [6.45, 7) is 0.422. The molecule has 2 aromatic carbocycles. The maximum atomic E-state index is 13.4. The number of benzene rings is 2. The normalized spacial score (nSPS) is 21.8. The first-order valence-corrected chi connectivity index (χ1v) is 13.1. The van der Waals surface area contributed by atoms with Gasteiger partial charge < -0.3 is 10.1 Å². The average molecular weight is 551 g/mol. The number of alkyl halides is 3. The molecule has 5 rings (SSSR count). The first kappa shape index (κ1) is 26.2. The molecule has 8 nitrogen and oxygen atoms in total. The number of hydrogen-bond acceptors (Lipinski definition) is 6. The van der Waals surface area contributed by atoms with Gasteiger partial charge in [-0.1, -0.05) is 12.1 Å². The van der Waals surface area contributed by atoms with Gasteiger partial charge in [0, 0.05) is 11.5 Å². The molecule has 0 radical (unpaired) electrons. The molecule has 2 aliphatic heterocycles. The van der Waals surface area contributed by atoms with Gasteiger partial charge in [-0.25, -0.2) is 22.8 Å². The summed E-state index contributed by atoms with van der Waals surface area (Å²) in [7, 11) is -4.12. The summed E-state index contributed by atoms with van der Waals surface area (Å²) in [5.41, 5.74) is 0.409. The van der Waals surface area contributed by atoms with Crippen molar-refractivity contribution in [2.45, 2.75) is 36.1 Å². The van der Waals surface area contributed by atoms with Crippen molar-refractivity contribution in [2.75, 3.05) is 13.2 Å². The van der Waals surface area contributed by atoms with Crippen molar-refractivity contribution in [2.24, 2.45) is 5.92 Å². The molecule has 1 aromatic heterocycles. The number of nitrogens with zero attached hydrogens (tertiary/aromatic N) is 3. The van der Waals surface area contributed by atoms with E-state index in [0.29, 0.717) is 23.6 Å². The molecule has 2 aliphatic rings. The number of sulfonamides is 1. The number of rotatable bonds is 6. The third-order valence-corrected chi connectivity index (χ3v) is 8.64. The molecule has 0 unspecified atom stereocenters. The molecule has 13 heteroatoms. The molecule has 38 heavy (non-hydrogen) atoms. The Morgan fingerprint density at radius 3 is 2.45 bits per heavy atom. The maximum Gasteiger partial charge on any atom is 0.416 e. The fourth-order valence-corrected chi connectivity index (χ4v) is 6.62. The second-order valence-electron chi connectivity index (χ2n) is 9.09. The third kappa shape index (κ3) is 5.13. The van der Waals surface area contributed by atoms with E-state index in [-0.39, 0.29) is 30.4 Å². The molecule has 2 saturated heterocycles. The summed E-state index contributed by atoms with van der Waals surface area (Å²) in [6.07, 6.45) is -2.96. The van der Waals surface area contributed by atoms with E-state index in [1.54, 1.807) is 0 Å². The molecule has 200 valence electrons. The van der Waals surface area contributed by atoms with Gasteiger partial charge in [0.15, 0.2) is 0 Å². The quantitative estimate of drug-likeness (QED) is 0.473. The predicted molar refractivity (Wildman–Crippen MR) is 126 cm³/mol. The predicted octanol–water partition coefficient (Wildman–Crippen LogP) is 3.40. The zero-order valence-electron chi connectivity index (χ0n) is 19.7. The van der Waals surface area contributed by atoms with Crippen LogP contribution in [0.15, 0.2) is 65.8 Å². The van der Waals surface area contributed by atoms with Crippen molar-refractivity contribution in [1.29, 1.82) is 0 Å². The van der Waals surface area contributed by atoms with Crippen LogP contribution in [0.4, 0.5) is 17.6 Å². The number of halogens is 4. The monoisotopic (exact) mass is 550 g/mol. The molecule has 3 heterocycles. The summed E-state index contributed by atoms with van der Waals surface area (Å²) < 4.78 is 85.4. The lowest BCUT2D eigenvalue weighted by Gasteiger charge is -2.27. The van der Waals surface area contributed by atoms with Crippen LogP contribution in [0.3, 0.4) is 0 Å². The molecule has 3 aromatic rings. The number of carbonyl (C=O) groups excluding carboxylic acids is 1. The molecule has 0 spiro atoms. The summed E-state index contributed by atoms with van der Waals surface area (Å²) in [6, 6.07) is 8.92. The topological polar surface area (TPSA) is 101 Å². The Morgan fingerprint density at radius 1 is 1.05 bits per heavy atom. The molecular weight excluding hydrogens is 528 g/mol. The van der Waals surface area contributed by atoms with E-state index in [1.807, 2.05) is 0 Å². The molecule has 1 amide bonds. The lowest BCUT2D eigenvalue weighted by Crippen LogP contribution is -2.49. The van der Waals surface area contributed by atoms with Gasteiger partial charge >= 0.3 is 6.18 Å². The minimum atomic E-state index is -4.46. The third-order valence-electron chi connectivity index (χ3n) is 6.69. The van der Waals surface area contributed by atoms with Gasteiger partial charge in [-0.05, 0) is 48.9 Å². The number of amides is 1. The van der Waals surface area contributed by atoms with E-state index in [4.69, 9.17) is 4.74 Å². The van der Waals surface area contributed by atoms with E-state index in [1.165, 1.54) is 24.5 Å². The van der Waals surface area contributed by atoms with Gasteiger partial charge in [-0.2, -0.15) is 17.5 Å². The Kier molecular flexibility index (Phi) is 6.92. The van der Waals surface area contributed by atoms with Gasteiger partial charge in [0.1, 0.15) is 18.2 Å². The maximum absolute atomic E-state index is 13.4. The Balaban J connectivity index is 1.32. The Bertz CT molecular complexity index is 1430. The van der Waals surface area contributed by atoms with Crippen LogP contribution in [-0.4, -0.2) is 53.9 Å². The molecule has 1 N–H and O–H groups in total. The summed E-state index contributed by atoms with van der Waals surface area (Å²) in [5.74, 6) is -1.27. The molecule has 3 atom stereocenters. The average Bonchev–Trinajstić information content (AvgIpc) is 3.49. The second kappa shape index (κ2) is 10.0. The molecular formula is C25H22F4N4O4S. The Labute approximate surface area is 215 Å². The smallest absolute Gasteiger partial charge is 0.379 e. The summed E-state index contributed by atoms with van der Waals surface area (Å²) in [5, 5.41) is 2.72. The van der Waals surface area contributed by atoms with Crippen LogP contribution in [-0.2, 0) is 32.3 Å². The number of carbonyl (C=O) groups is 1. The second-order valence-corrected chi connectivity index (χ2v) is 10.9. The highest BCUT2D eigenvalue weighted by molar-refractivity contribution is 7.89. The molecule has 0 aliphatic carbocycles. The van der Waals surface area contributed by atoms with Gasteiger partial charge in [0.2, 0.25) is 15.9 Å². The number of aromatic nitrogens is 2. The summed E-state index contributed by atoms with van der Waals surface area (Å²) in [4.78, 5) is 21.3. The van der Waals surface area contributed by atoms with E-state index in [2.05, 4.69) is 15.3 Å². The first-order chi connectivity index (χ1) is 18.0. The number of nitrogens with one attached hydrogen (secondary N) is 1. The standard InChI is InChI=1S/C25H22F4N4O4S/c26-18-5-7-20(8-6-18)38(35,36)33-22(9-16-12-37-13-23(16)33)24(34)30-11-19-10-21(32-14-31-19)15-1-3-17(4-2-15)25(27,28)29/h1-8,10,14,16,22-23H,9,11-13H2,(H,30,34)/t16-,22-,23+/m1/s1. The first-order valence-electron chi connectivity index (χ1n) is 11.7. The van der Waals surface area contributed by atoms with Gasteiger partial charge in [0.25, 0.3) is 0 Å². The minimum absolute atomic E-state index is 0.0538. The van der Waals surface area contributed by atoms with E-state index < -0.39 is 45.6 Å². The van der Waals surface area contributed by atoms with Crippen molar-refractivity contribution in [3.05, 3.63) is 78.0 Å². The van der Waals surface area contributed by atoms with Crippen molar-refractivity contribution < 1.29 is 35.5 Å². The minimum Gasteiger partial charge on any atom is -0.379 e. The fourth-order valence-electron chi connectivity index (χ4n) is 4.79. The highest BCUT2D eigenvalue weighted by Crippen LogP contribution is 2.39. The van der Waals surface area contributed by atoms with Crippen molar-refractivity contribution in [3.8, 4) is 11.3 Å². The van der Waals surface area contributed by atoms with E-state index in [9.17, 15) is 30.8 Å². The number of hydrogen-bond donors (Lipinski definition) is 1. The SMILES string of the molecule is O=C(NCc1cc(-c2ccc(C(F)(F)F)cc2)ncn1)[C@H]1C[C@@H]2COC[C@@H]2N1S(=O)(=O)c1ccc(F)cc1. The van der Waals surface area contributed by atoms with Crippen LogP contribution in [0, 0.1) is 11.7 Å². The Hall–Kier alpha value is -3.42. The zero-order valence-corrected chi connectivity index (χ0v) is 20.5.